The predicted molar refractivity (Wildman–Crippen MR) is 109 cm³/mol. The number of benzene rings is 2. The van der Waals surface area contributed by atoms with Crippen LogP contribution >= 0.6 is 11.6 Å². The summed E-state index contributed by atoms with van der Waals surface area (Å²) in [6, 6.07) is 12.7. The van der Waals surface area contributed by atoms with Gasteiger partial charge in [0, 0.05) is 5.02 Å². The maximum Gasteiger partial charge on any atom is 0.255 e. The van der Waals surface area contributed by atoms with Crippen molar-refractivity contribution < 1.29 is 14.3 Å². The summed E-state index contributed by atoms with van der Waals surface area (Å²) >= 11 is 6.06. The molecule has 0 spiro atoms. The maximum absolute atomic E-state index is 12.8. The molecule has 6 nitrogen and oxygen atoms in total. The number of nitrogens with zero attached hydrogens (tertiary/aromatic N) is 2. The van der Waals surface area contributed by atoms with Crippen LogP contribution in [0.2, 0.25) is 5.02 Å². The Hall–Kier alpha value is -2.99. The first-order valence-corrected chi connectivity index (χ1v) is 9.15. The normalized spacial score (nSPS) is 11.8. The molecule has 1 aromatic heterocycles. The minimum absolute atomic E-state index is 0.201. The molecule has 3 aromatic rings. The van der Waals surface area contributed by atoms with Crippen molar-refractivity contribution in [3.63, 3.8) is 0 Å². The molecule has 146 valence electrons. The molecule has 1 atom stereocenters. The highest BCUT2D eigenvalue weighted by Gasteiger charge is 2.18. The number of carbonyl (C=O) groups excluding carboxylic acids is 1. The number of ether oxygens (including phenoxy) is 2. The van der Waals surface area contributed by atoms with Crippen molar-refractivity contribution in [1.82, 2.24) is 15.1 Å². The van der Waals surface area contributed by atoms with Crippen molar-refractivity contribution in [2.45, 2.75) is 19.9 Å². The molecule has 1 amide bonds. The van der Waals surface area contributed by atoms with Crippen LogP contribution in [0.1, 0.15) is 34.6 Å². The fourth-order valence-corrected chi connectivity index (χ4v) is 3.17. The van der Waals surface area contributed by atoms with Crippen LogP contribution in [0.4, 0.5) is 0 Å². The summed E-state index contributed by atoms with van der Waals surface area (Å²) in [5.74, 6) is 1.06. The zero-order valence-electron chi connectivity index (χ0n) is 16.2. The average molecular weight is 400 g/mol. The van der Waals surface area contributed by atoms with E-state index >= 15 is 0 Å². The average Bonchev–Trinajstić information content (AvgIpc) is 3.08. The maximum atomic E-state index is 12.8. The number of hydrogen-bond acceptors (Lipinski definition) is 4. The largest absolute Gasteiger partial charge is 0.493 e. The summed E-state index contributed by atoms with van der Waals surface area (Å²) in [6.45, 7) is 3.76. The fourth-order valence-electron chi connectivity index (χ4n) is 2.98. The molecule has 7 heteroatoms. The smallest absolute Gasteiger partial charge is 0.255 e. The monoisotopic (exact) mass is 399 g/mol. The molecule has 28 heavy (non-hydrogen) atoms. The van der Waals surface area contributed by atoms with E-state index in [4.69, 9.17) is 21.1 Å². The number of amides is 1. The van der Waals surface area contributed by atoms with Crippen LogP contribution in [0.5, 0.6) is 11.5 Å². The molecule has 0 bridgehead atoms. The third-order valence-electron chi connectivity index (χ3n) is 4.56. The Morgan fingerprint density at radius 1 is 1.14 bits per heavy atom. The molecular weight excluding hydrogens is 378 g/mol. The van der Waals surface area contributed by atoms with Crippen molar-refractivity contribution in [3.8, 4) is 17.2 Å². The number of aromatic nitrogens is 2. The third kappa shape index (κ3) is 3.97. The van der Waals surface area contributed by atoms with Gasteiger partial charge in [0.1, 0.15) is 0 Å². The highest BCUT2D eigenvalue weighted by atomic mass is 35.5. The Balaban J connectivity index is 1.80. The van der Waals surface area contributed by atoms with Crippen molar-refractivity contribution in [3.05, 3.63) is 70.5 Å². The van der Waals surface area contributed by atoms with Crippen molar-refractivity contribution in [2.24, 2.45) is 0 Å². The number of methoxy groups -OCH3 is 2. The van der Waals surface area contributed by atoms with Gasteiger partial charge in [-0.15, -0.1) is 0 Å². The minimum atomic E-state index is -0.221. The second-order valence-corrected chi connectivity index (χ2v) is 6.78. The van der Waals surface area contributed by atoms with E-state index in [1.807, 2.05) is 44.2 Å². The Morgan fingerprint density at radius 2 is 1.89 bits per heavy atom. The minimum Gasteiger partial charge on any atom is -0.493 e. The molecule has 0 radical (unpaired) electrons. The molecule has 0 fully saturated rings. The van der Waals surface area contributed by atoms with Gasteiger partial charge < -0.3 is 14.8 Å². The van der Waals surface area contributed by atoms with Crippen LogP contribution in [0, 0.1) is 6.92 Å². The van der Waals surface area contributed by atoms with Gasteiger partial charge in [-0.1, -0.05) is 23.7 Å². The van der Waals surface area contributed by atoms with Crippen LogP contribution in [-0.2, 0) is 0 Å². The first kappa shape index (κ1) is 19.8. The van der Waals surface area contributed by atoms with Gasteiger partial charge in [0.25, 0.3) is 5.91 Å². The van der Waals surface area contributed by atoms with E-state index in [1.54, 1.807) is 37.2 Å². The zero-order valence-corrected chi connectivity index (χ0v) is 16.9. The summed E-state index contributed by atoms with van der Waals surface area (Å²) in [4.78, 5) is 12.8. The molecule has 0 saturated carbocycles. The lowest BCUT2D eigenvalue weighted by molar-refractivity contribution is 0.0939. The third-order valence-corrected chi connectivity index (χ3v) is 4.80. The Morgan fingerprint density at radius 3 is 2.57 bits per heavy atom. The molecule has 0 saturated heterocycles. The predicted octanol–water partition coefficient (Wildman–Crippen LogP) is 4.34. The number of nitrogens with one attached hydrogen (secondary N) is 1. The fraction of sp³-hybridized carbons (Fsp3) is 0.238. The van der Waals surface area contributed by atoms with Crippen LogP contribution in [0.15, 0.2) is 48.7 Å². The summed E-state index contributed by atoms with van der Waals surface area (Å²) in [7, 11) is 3.17. The first-order chi connectivity index (χ1) is 13.4. The van der Waals surface area contributed by atoms with Crippen LogP contribution in [-0.4, -0.2) is 29.9 Å². The molecule has 0 aliphatic carbocycles. The lowest BCUT2D eigenvalue weighted by Gasteiger charge is -2.16. The SMILES string of the molecule is COc1ccc(C(C)NC(=O)c2cnn(-c3cccc(Cl)c3)c2C)cc1OC. The van der Waals surface area contributed by atoms with E-state index in [9.17, 15) is 4.79 Å². The van der Waals surface area contributed by atoms with Crippen molar-refractivity contribution in [1.29, 1.82) is 0 Å². The lowest BCUT2D eigenvalue weighted by Crippen LogP contribution is -2.27. The van der Waals surface area contributed by atoms with E-state index in [2.05, 4.69) is 10.4 Å². The first-order valence-electron chi connectivity index (χ1n) is 8.78. The molecule has 1 heterocycles. The highest BCUT2D eigenvalue weighted by Crippen LogP contribution is 2.30. The quantitative estimate of drug-likeness (QED) is 0.669. The summed E-state index contributed by atoms with van der Waals surface area (Å²) in [5.41, 5.74) is 2.95. The van der Waals surface area contributed by atoms with E-state index in [-0.39, 0.29) is 11.9 Å². The van der Waals surface area contributed by atoms with Crippen molar-refractivity contribution in [2.75, 3.05) is 14.2 Å². The highest BCUT2D eigenvalue weighted by molar-refractivity contribution is 6.30. The standard InChI is InChI=1S/C21H22ClN3O3/c1-13(15-8-9-19(27-3)20(10-15)28-4)24-21(26)18-12-23-25(14(18)2)17-7-5-6-16(22)11-17/h5-13H,1-4H3,(H,24,26). The van der Waals surface area contributed by atoms with Gasteiger partial charge in [-0.05, 0) is 49.7 Å². The number of hydrogen-bond donors (Lipinski definition) is 1. The van der Waals surface area contributed by atoms with Gasteiger partial charge >= 0.3 is 0 Å². The Kier molecular flexibility index (Phi) is 5.90. The molecular formula is C21H22ClN3O3. The van der Waals surface area contributed by atoms with Crippen LogP contribution in [0.3, 0.4) is 0 Å². The van der Waals surface area contributed by atoms with Crippen molar-refractivity contribution >= 4 is 17.5 Å². The number of halogens is 1. The zero-order chi connectivity index (χ0) is 20.3. The molecule has 1 N–H and O–H groups in total. The van der Waals surface area contributed by atoms with E-state index < -0.39 is 0 Å². The number of rotatable bonds is 6. The van der Waals surface area contributed by atoms with Gasteiger partial charge in [0.15, 0.2) is 11.5 Å². The van der Waals surface area contributed by atoms with E-state index in [1.165, 1.54) is 0 Å². The van der Waals surface area contributed by atoms with E-state index in [0.29, 0.717) is 22.1 Å². The molecule has 3 rings (SSSR count). The summed E-state index contributed by atoms with van der Waals surface area (Å²) in [5, 5.41) is 7.95. The van der Waals surface area contributed by atoms with Crippen LogP contribution < -0.4 is 14.8 Å². The second-order valence-electron chi connectivity index (χ2n) is 6.34. The second kappa shape index (κ2) is 8.35. The topological polar surface area (TPSA) is 65.4 Å². The summed E-state index contributed by atoms with van der Waals surface area (Å²) in [6.07, 6.45) is 1.56. The van der Waals surface area contributed by atoms with Gasteiger partial charge in [-0.25, -0.2) is 4.68 Å². The van der Waals surface area contributed by atoms with E-state index in [0.717, 1.165) is 16.9 Å². The van der Waals surface area contributed by atoms with Gasteiger partial charge in [-0.2, -0.15) is 5.10 Å². The Bertz CT molecular complexity index is 1000. The van der Waals surface area contributed by atoms with Gasteiger partial charge in [0.2, 0.25) is 0 Å². The molecule has 2 aromatic carbocycles. The number of carbonyl (C=O) groups is 1. The molecule has 0 aliphatic heterocycles. The lowest BCUT2D eigenvalue weighted by atomic mass is 10.1. The molecule has 0 aliphatic rings. The van der Waals surface area contributed by atoms with Gasteiger partial charge in [0.05, 0.1) is 43.4 Å². The van der Waals surface area contributed by atoms with Crippen LogP contribution in [0.25, 0.3) is 5.69 Å². The Labute approximate surface area is 169 Å². The molecule has 1 unspecified atom stereocenters. The van der Waals surface area contributed by atoms with Gasteiger partial charge in [-0.3, -0.25) is 4.79 Å². The summed E-state index contributed by atoms with van der Waals surface area (Å²) < 4.78 is 12.3.